The van der Waals surface area contributed by atoms with Crippen LogP contribution in [-0.4, -0.2) is 26.2 Å². The number of benzene rings is 1. The fraction of sp³-hybridized carbons (Fsp3) is 0.571. The number of aliphatic hydroxyl groups excluding tert-OH is 1. The molecule has 6 heteroatoms. The van der Waals surface area contributed by atoms with Crippen molar-refractivity contribution in [3.05, 3.63) is 29.3 Å². The van der Waals surface area contributed by atoms with Crippen molar-refractivity contribution in [3.8, 4) is 0 Å². The lowest BCUT2D eigenvalue weighted by Crippen LogP contribution is -2.41. The van der Waals surface area contributed by atoms with Gasteiger partial charge in [-0.1, -0.05) is 30.9 Å². The Labute approximate surface area is 125 Å². The third-order valence-corrected chi connectivity index (χ3v) is 5.58. The number of halogens is 1. The molecule has 2 rings (SSSR count). The van der Waals surface area contributed by atoms with Gasteiger partial charge in [0.05, 0.1) is 4.90 Å². The lowest BCUT2D eigenvalue weighted by atomic mass is 9.97. The van der Waals surface area contributed by atoms with E-state index in [2.05, 4.69) is 4.72 Å². The highest BCUT2D eigenvalue weighted by Crippen LogP contribution is 2.25. The van der Waals surface area contributed by atoms with Crippen LogP contribution >= 0.6 is 11.6 Å². The van der Waals surface area contributed by atoms with Gasteiger partial charge in [0.2, 0.25) is 10.0 Å². The first kappa shape index (κ1) is 15.8. The minimum absolute atomic E-state index is 0.000393. The highest BCUT2D eigenvalue weighted by atomic mass is 35.5. The molecule has 0 unspecified atom stereocenters. The standard InChI is InChI=1S/C14H20ClNO3S/c15-12-6-8-13(9-7-12)20(18,19)16-14-5-3-1-2-4-11(14)10-17/h6-9,11,14,16-17H,1-5,10H2/t11-,14+/m0/s1. The summed E-state index contributed by atoms with van der Waals surface area (Å²) in [5.74, 6) is -0.000393. The van der Waals surface area contributed by atoms with Gasteiger partial charge < -0.3 is 5.11 Å². The molecule has 20 heavy (non-hydrogen) atoms. The number of aliphatic hydroxyl groups is 1. The quantitative estimate of drug-likeness (QED) is 0.839. The van der Waals surface area contributed by atoms with Crippen LogP contribution in [0.1, 0.15) is 32.1 Å². The maximum atomic E-state index is 12.3. The molecule has 1 saturated carbocycles. The molecule has 0 aromatic heterocycles. The molecule has 1 aliphatic carbocycles. The predicted octanol–water partition coefficient (Wildman–Crippen LogP) is 2.56. The minimum atomic E-state index is -3.56. The summed E-state index contributed by atoms with van der Waals surface area (Å²) >= 11 is 5.77. The highest BCUT2D eigenvalue weighted by Gasteiger charge is 2.27. The summed E-state index contributed by atoms with van der Waals surface area (Å²) in [5, 5.41) is 9.94. The molecule has 0 bridgehead atoms. The second-order valence-corrected chi connectivity index (χ2v) is 7.41. The van der Waals surface area contributed by atoms with Gasteiger partial charge in [-0.15, -0.1) is 0 Å². The summed E-state index contributed by atoms with van der Waals surface area (Å²) in [6.07, 6.45) is 4.77. The maximum absolute atomic E-state index is 12.3. The largest absolute Gasteiger partial charge is 0.396 e. The Morgan fingerprint density at radius 2 is 1.80 bits per heavy atom. The zero-order valence-electron chi connectivity index (χ0n) is 11.3. The van der Waals surface area contributed by atoms with E-state index in [1.165, 1.54) is 12.1 Å². The summed E-state index contributed by atoms with van der Waals surface area (Å²) < 4.78 is 27.4. The van der Waals surface area contributed by atoms with Gasteiger partial charge in [0.25, 0.3) is 0 Å². The van der Waals surface area contributed by atoms with E-state index in [1.54, 1.807) is 12.1 Å². The molecule has 1 aliphatic rings. The van der Waals surface area contributed by atoms with Gasteiger partial charge in [-0.25, -0.2) is 13.1 Å². The third kappa shape index (κ3) is 3.95. The second-order valence-electron chi connectivity index (χ2n) is 5.26. The third-order valence-electron chi connectivity index (χ3n) is 3.82. The summed E-state index contributed by atoms with van der Waals surface area (Å²) in [5.41, 5.74) is 0. The van der Waals surface area contributed by atoms with Crippen molar-refractivity contribution in [2.75, 3.05) is 6.61 Å². The average molecular weight is 318 g/mol. The number of hydrogen-bond acceptors (Lipinski definition) is 3. The molecular formula is C14H20ClNO3S. The Balaban J connectivity index is 2.15. The Morgan fingerprint density at radius 3 is 2.45 bits per heavy atom. The minimum Gasteiger partial charge on any atom is -0.396 e. The molecule has 0 amide bonds. The van der Waals surface area contributed by atoms with Crippen LogP contribution in [0, 0.1) is 5.92 Å². The van der Waals surface area contributed by atoms with E-state index in [1.807, 2.05) is 0 Å². The van der Waals surface area contributed by atoms with Crippen LogP contribution in [0.5, 0.6) is 0 Å². The van der Waals surface area contributed by atoms with Crippen LogP contribution in [0.15, 0.2) is 29.2 Å². The van der Waals surface area contributed by atoms with Gasteiger partial charge in [0.1, 0.15) is 0 Å². The molecule has 0 aliphatic heterocycles. The monoisotopic (exact) mass is 317 g/mol. The van der Waals surface area contributed by atoms with E-state index < -0.39 is 10.0 Å². The first-order valence-corrected chi connectivity index (χ1v) is 8.78. The average Bonchev–Trinajstić information content (AvgIpc) is 2.63. The van der Waals surface area contributed by atoms with E-state index in [4.69, 9.17) is 11.6 Å². The lowest BCUT2D eigenvalue weighted by Gasteiger charge is -2.24. The van der Waals surface area contributed by atoms with E-state index in [-0.39, 0.29) is 23.5 Å². The van der Waals surface area contributed by atoms with Gasteiger partial charge in [-0.2, -0.15) is 0 Å². The Bertz CT molecular complexity index is 530. The molecule has 2 atom stereocenters. The smallest absolute Gasteiger partial charge is 0.240 e. The fourth-order valence-corrected chi connectivity index (χ4v) is 4.10. The Morgan fingerprint density at radius 1 is 1.15 bits per heavy atom. The molecule has 112 valence electrons. The van der Waals surface area contributed by atoms with Crippen LogP contribution in [0.2, 0.25) is 5.02 Å². The second kappa shape index (κ2) is 6.89. The Kier molecular flexibility index (Phi) is 5.43. The van der Waals surface area contributed by atoms with Crippen molar-refractivity contribution in [2.45, 2.75) is 43.0 Å². The van der Waals surface area contributed by atoms with Crippen molar-refractivity contribution in [2.24, 2.45) is 5.92 Å². The summed E-state index contributed by atoms with van der Waals surface area (Å²) in [6.45, 7) is 0.0216. The molecule has 0 spiro atoms. The first-order chi connectivity index (χ1) is 9.53. The van der Waals surface area contributed by atoms with Crippen LogP contribution in [-0.2, 0) is 10.0 Å². The molecular weight excluding hydrogens is 298 g/mol. The summed E-state index contributed by atoms with van der Waals surface area (Å²) in [7, 11) is -3.56. The van der Waals surface area contributed by atoms with Crippen LogP contribution in [0.3, 0.4) is 0 Å². The highest BCUT2D eigenvalue weighted by molar-refractivity contribution is 7.89. The maximum Gasteiger partial charge on any atom is 0.240 e. The molecule has 4 nitrogen and oxygen atoms in total. The van der Waals surface area contributed by atoms with Crippen molar-refractivity contribution in [3.63, 3.8) is 0 Å². The molecule has 1 aromatic carbocycles. The van der Waals surface area contributed by atoms with E-state index in [9.17, 15) is 13.5 Å². The van der Waals surface area contributed by atoms with Gasteiger partial charge in [0, 0.05) is 17.7 Å². The van der Waals surface area contributed by atoms with E-state index in [0.717, 1.165) is 32.1 Å². The normalized spacial score (nSPS) is 24.3. The number of hydrogen-bond donors (Lipinski definition) is 2. The van der Waals surface area contributed by atoms with Gasteiger partial charge in [-0.05, 0) is 43.0 Å². The number of sulfonamides is 1. The number of rotatable bonds is 4. The predicted molar refractivity (Wildman–Crippen MR) is 79.2 cm³/mol. The van der Waals surface area contributed by atoms with E-state index in [0.29, 0.717) is 5.02 Å². The van der Waals surface area contributed by atoms with Crippen molar-refractivity contribution in [1.29, 1.82) is 0 Å². The molecule has 1 fully saturated rings. The lowest BCUT2D eigenvalue weighted by molar-refractivity contribution is 0.191. The molecule has 0 radical (unpaired) electrons. The number of nitrogens with one attached hydrogen (secondary N) is 1. The van der Waals surface area contributed by atoms with Crippen molar-refractivity contribution < 1.29 is 13.5 Å². The molecule has 2 N–H and O–H groups in total. The zero-order chi connectivity index (χ0) is 14.6. The molecule has 1 aromatic rings. The van der Waals surface area contributed by atoms with Crippen molar-refractivity contribution in [1.82, 2.24) is 4.72 Å². The fourth-order valence-electron chi connectivity index (χ4n) is 2.64. The van der Waals surface area contributed by atoms with Gasteiger partial charge >= 0.3 is 0 Å². The zero-order valence-corrected chi connectivity index (χ0v) is 12.8. The van der Waals surface area contributed by atoms with Crippen LogP contribution < -0.4 is 4.72 Å². The molecule has 0 saturated heterocycles. The summed E-state index contributed by atoms with van der Waals surface area (Å²) in [4.78, 5) is 0.211. The van der Waals surface area contributed by atoms with Gasteiger partial charge in [0.15, 0.2) is 0 Å². The van der Waals surface area contributed by atoms with E-state index >= 15 is 0 Å². The van der Waals surface area contributed by atoms with Gasteiger partial charge in [-0.3, -0.25) is 0 Å². The van der Waals surface area contributed by atoms with Crippen LogP contribution in [0.25, 0.3) is 0 Å². The first-order valence-electron chi connectivity index (χ1n) is 6.91. The summed E-state index contributed by atoms with van der Waals surface area (Å²) in [6, 6.07) is 5.92. The van der Waals surface area contributed by atoms with Crippen molar-refractivity contribution >= 4 is 21.6 Å². The van der Waals surface area contributed by atoms with Crippen LogP contribution in [0.4, 0.5) is 0 Å². The Hall–Kier alpha value is -0.620. The topological polar surface area (TPSA) is 66.4 Å². The SMILES string of the molecule is O=S(=O)(N[C@@H]1CCCCC[C@H]1CO)c1ccc(Cl)cc1. The molecule has 0 heterocycles.